The molecule has 0 radical (unpaired) electrons. The second kappa shape index (κ2) is 7.42. The van der Waals surface area contributed by atoms with Gasteiger partial charge in [0.15, 0.2) is 0 Å². The van der Waals surface area contributed by atoms with Crippen molar-refractivity contribution in [2.75, 3.05) is 5.32 Å². The van der Waals surface area contributed by atoms with Crippen molar-refractivity contribution in [1.29, 1.82) is 0 Å². The van der Waals surface area contributed by atoms with Crippen LogP contribution in [-0.2, 0) is 4.79 Å². The highest BCUT2D eigenvalue weighted by atomic mass is 35.5. The molecule has 1 fully saturated rings. The number of nitrogens with one attached hydrogen (secondary N) is 1. The maximum Gasteiger partial charge on any atom is 0.310 e. The van der Waals surface area contributed by atoms with Crippen molar-refractivity contribution in [2.24, 2.45) is 5.92 Å². The SMILES string of the molecule is Cl.O=C(O)C1CCC(Nc2cc(Cl)ncc2[N+](=O)[O-])CC1. The second-order valence-corrected chi connectivity index (χ2v) is 5.20. The van der Waals surface area contributed by atoms with E-state index >= 15 is 0 Å². The number of carboxylic acids is 1. The summed E-state index contributed by atoms with van der Waals surface area (Å²) in [5, 5.41) is 23.1. The minimum atomic E-state index is -0.776. The molecule has 0 saturated heterocycles. The quantitative estimate of drug-likeness (QED) is 0.497. The van der Waals surface area contributed by atoms with Crippen molar-refractivity contribution in [3.05, 3.63) is 27.5 Å². The molecule has 21 heavy (non-hydrogen) atoms. The Hall–Kier alpha value is -1.60. The molecule has 1 aliphatic carbocycles. The average Bonchev–Trinajstić information content (AvgIpc) is 2.39. The number of hydrogen-bond acceptors (Lipinski definition) is 5. The lowest BCUT2D eigenvalue weighted by atomic mass is 9.86. The Morgan fingerprint density at radius 2 is 2.05 bits per heavy atom. The van der Waals surface area contributed by atoms with Gasteiger partial charge in [-0.2, -0.15) is 0 Å². The Morgan fingerprint density at radius 1 is 1.43 bits per heavy atom. The first-order chi connectivity index (χ1) is 9.47. The van der Waals surface area contributed by atoms with E-state index in [0.717, 1.165) is 6.20 Å². The van der Waals surface area contributed by atoms with E-state index in [4.69, 9.17) is 16.7 Å². The first-order valence-electron chi connectivity index (χ1n) is 6.26. The first-order valence-corrected chi connectivity index (χ1v) is 6.64. The topological polar surface area (TPSA) is 105 Å². The van der Waals surface area contributed by atoms with Crippen molar-refractivity contribution in [3.8, 4) is 0 Å². The van der Waals surface area contributed by atoms with Gasteiger partial charge in [0.05, 0.1) is 10.8 Å². The predicted molar refractivity (Wildman–Crippen MR) is 80.2 cm³/mol. The van der Waals surface area contributed by atoms with Gasteiger partial charge < -0.3 is 10.4 Å². The van der Waals surface area contributed by atoms with E-state index in [1.807, 2.05) is 0 Å². The van der Waals surface area contributed by atoms with Gasteiger partial charge in [0.1, 0.15) is 17.0 Å². The fourth-order valence-electron chi connectivity index (χ4n) is 2.39. The summed E-state index contributed by atoms with van der Waals surface area (Å²) in [5.41, 5.74) is 0.198. The maximum atomic E-state index is 10.9. The summed E-state index contributed by atoms with van der Waals surface area (Å²) in [6.07, 6.45) is 3.58. The third-order valence-corrected chi connectivity index (χ3v) is 3.69. The van der Waals surface area contributed by atoms with Crippen LogP contribution in [0.3, 0.4) is 0 Å². The number of nitro groups is 1. The Balaban J connectivity index is 0.00000220. The molecule has 1 aromatic rings. The van der Waals surface area contributed by atoms with Gasteiger partial charge in [0, 0.05) is 12.1 Å². The number of carbonyl (C=O) groups is 1. The number of aromatic nitrogens is 1. The van der Waals surface area contributed by atoms with E-state index in [1.54, 1.807) is 0 Å². The normalized spacial score (nSPS) is 21.2. The lowest BCUT2D eigenvalue weighted by Crippen LogP contribution is -2.29. The Kier molecular flexibility index (Phi) is 6.17. The monoisotopic (exact) mass is 335 g/mol. The van der Waals surface area contributed by atoms with E-state index in [2.05, 4.69) is 10.3 Å². The van der Waals surface area contributed by atoms with Crippen LogP contribution in [0, 0.1) is 16.0 Å². The van der Waals surface area contributed by atoms with Gasteiger partial charge in [-0.05, 0) is 25.7 Å². The van der Waals surface area contributed by atoms with Crippen LogP contribution in [0.1, 0.15) is 25.7 Å². The molecule has 0 bridgehead atoms. The van der Waals surface area contributed by atoms with Gasteiger partial charge in [-0.3, -0.25) is 14.9 Å². The van der Waals surface area contributed by atoms with Crippen LogP contribution in [-0.4, -0.2) is 27.0 Å². The molecule has 0 amide bonds. The van der Waals surface area contributed by atoms with Crippen molar-refractivity contribution in [3.63, 3.8) is 0 Å². The molecule has 0 spiro atoms. The molecule has 0 aliphatic heterocycles. The zero-order valence-electron chi connectivity index (χ0n) is 11.0. The summed E-state index contributed by atoms with van der Waals surface area (Å²) < 4.78 is 0. The average molecular weight is 336 g/mol. The van der Waals surface area contributed by atoms with Gasteiger partial charge in [-0.25, -0.2) is 4.98 Å². The highest BCUT2D eigenvalue weighted by molar-refractivity contribution is 6.29. The van der Waals surface area contributed by atoms with Crippen LogP contribution in [0.15, 0.2) is 12.3 Å². The molecule has 9 heteroatoms. The molecule has 7 nitrogen and oxygen atoms in total. The number of hydrogen-bond donors (Lipinski definition) is 2. The van der Waals surface area contributed by atoms with E-state index in [9.17, 15) is 14.9 Å². The van der Waals surface area contributed by atoms with E-state index in [1.165, 1.54) is 6.07 Å². The number of pyridine rings is 1. The number of rotatable bonds is 4. The summed E-state index contributed by atoms with van der Waals surface area (Å²) in [5.74, 6) is -1.09. The van der Waals surface area contributed by atoms with E-state index in [-0.39, 0.29) is 35.2 Å². The Labute approximate surface area is 132 Å². The molecule has 0 aromatic carbocycles. The number of halogens is 2. The smallest absolute Gasteiger partial charge is 0.310 e. The third-order valence-electron chi connectivity index (χ3n) is 3.48. The molecule has 1 aliphatic rings. The highest BCUT2D eigenvalue weighted by Crippen LogP contribution is 2.31. The van der Waals surface area contributed by atoms with Crippen molar-refractivity contribution in [1.82, 2.24) is 4.98 Å². The number of carboxylic acid groups (broad SMARTS) is 1. The van der Waals surface area contributed by atoms with Crippen LogP contribution < -0.4 is 5.32 Å². The van der Waals surface area contributed by atoms with Crippen LogP contribution in [0.2, 0.25) is 5.15 Å². The second-order valence-electron chi connectivity index (χ2n) is 4.81. The lowest BCUT2D eigenvalue weighted by Gasteiger charge is -2.27. The van der Waals surface area contributed by atoms with Crippen LogP contribution in [0.5, 0.6) is 0 Å². The molecule has 2 N–H and O–H groups in total. The van der Waals surface area contributed by atoms with Crippen LogP contribution in [0.4, 0.5) is 11.4 Å². The van der Waals surface area contributed by atoms with Gasteiger partial charge in [-0.15, -0.1) is 12.4 Å². The minimum Gasteiger partial charge on any atom is -0.481 e. The summed E-state index contributed by atoms with van der Waals surface area (Å²) >= 11 is 5.75. The molecular formula is C12H15Cl2N3O4. The van der Waals surface area contributed by atoms with Crippen LogP contribution in [0.25, 0.3) is 0 Å². The predicted octanol–water partition coefficient (Wildman–Crippen LogP) is 3.12. The fourth-order valence-corrected chi connectivity index (χ4v) is 2.55. The van der Waals surface area contributed by atoms with E-state index in [0.29, 0.717) is 31.4 Å². The van der Waals surface area contributed by atoms with Gasteiger partial charge in [0.25, 0.3) is 0 Å². The molecule has 116 valence electrons. The Bertz CT molecular complexity index is 533. The Morgan fingerprint density at radius 3 is 2.57 bits per heavy atom. The fraction of sp³-hybridized carbons (Fsp3) is 0.500. The van der Waals surface area contributed by atoms with E-state index < -0.39 is 10.9 Å². The van der Waals surface area contributed by atoms with Crippen molar-refractivity contribution in [2.45, 2.75) is 31.7 Å². The summed E-state index contributed by atoms with van der Waals surface area (Å²) in [6.45, 7) is 0. The standard InChI is InChI=1S/C12H14ClN3O4.ClH/c13-11-5-9(10(6-14-11)16(19)20)15-8-3-1-7(2-4-8)12(17)18;/h5-8H,1-4H2,(H,14,15)(H,17,18);1H. The van der Waals surface area contributed by atoms with Crippen molar-refractivity contribution < 1.29 is 14.8 Å². The molecule has 2 rings (SSSR count). The van der Waals surface area contributed by atoms with Gasteiger partial charge >= 0.3 is 11.7 Å². The van der Waals surface area contributed by atoms with Gasteiger partial charge in [0.2, 0.25) is 0 Å². The van der Waals surface area contributed by atoms with Crippen LogP contribution >= 0.6 is 24.0 Å². The van der Waals surface area contributed by atoms with Crippen molar-refractivity contribution >= 4 is 41.4 Å². The molecule has 1 saturated carbocycles. The molecule has 1 aromatic heterocycles. The first kappa shape index (κ1) is 17.5. The lowest BCUT2D eigenvalue weighted by molar-refractivity contribution is -0.384. The highest BCUT2D eigenvalue weighted by Gasteiger charge is 2.27. The zero-order chi connectivity index (χ0) is 14.7. The molecule has 0 atom stereocenters. The van der Waals surface area contributed by atoms with Gasteiger partial charge in [-0.1, -0.05) is 11.6 Å². The summed E-state index contributed by atoms with van der Waals surface area (Å²) in [4.78, 5) is 25.0. The maximum absolute atomic E-state index is 10.9. The number of anilines is 1. The zero-order valence-corrected chi connectivity index (χ0v) is 12.6. The molecule has 0 unspecified atom stereocenters. The largest absolute Gasteiger partial charge is 0.481 e. The summed E-state index contributed by atoms with van der Waals surface area (Å²) in [6, 6.07) is 1.44. The number of aliphatic carboxylic acids is 1. The third kappa shape index (κ3) is 4.44. The minimum absolute atomic E-state index is 0. The number of nitrogens with zero attached hydrogens (tertiary/aromatic N) is 2. The molecule has 1 heterocycles. The summed E-state index contributed by atoms with van der Waals surface area (Å²) in [7, 11) is 0. The molecular weight excluding hydrogens is 321 g/mol.